The number of nitrogens with one attached hydrogen (secondary N) is 1. The lowest BCUT2D eigenvalue weighted by molar-refractivity contribution is -0.132. The van der Waals surface area contributed by atoms with Gasteiger partial charge in [-0.1, -0.05) is 50.3 Å². The first-order valence-electron chi connectivity index (χ1n) is 11.0. The molecular formula is C26H32N4O. The summed E-state index contributed by atoms with van der Waals surface area (Å²) in [7, 11) is 0. The van der Waals surface area contributed by atoms with Crippen LogP contribution in [0.25, 0.3) is 27.9 Å². The zero-order valence-corrected chi connectivity index (χ0v) is 19.2. The van der Waals surface area contributed by atoms with Gasteiger partial charge in [0.2, 0.25) is 5.91 Å². The van der Waals surface area contributed by atoms with Crippen LogP contribution >= 0.6 is 0 Å². The highest BCUT2D eigenvalue weighted by molar-refractivity contribution is 5.95. The summed E-state index contributed by atoms with van der Waals surface area (Å²) in [4.78, 5) is 19.5. The minimum absolute atomic E-state index is 0.0193. The number of nitrogens with zero attached hydrogens (tertiary/aromatic N) is 3. The quantitative estimate of drug-likeness (QED) is 0.647. The predicted octanol–water partition coefficient (Wildman–Crippen LogP) is 4.85. The Kier molecular flexibility index (Phi) is 5.38. The van der Waals surface area contributed by atoms with E-state index in [1.807, 2.05) is 19.9 Å². The molecule has 1 fully saturated rings. The second-order valence-electron chi connectivity index (χ2n) is 9.44. The molecule has 3 aromatic rings. The Balaban J connectivity index is 1.80. The minimum atomic E-state index is -0.654. The second kappa shape index (κ2) is 7.88. The number of piperazine rings is 1. The summed E-state index contributed by atoms with van der Waals surface area (Å²) in [6.45, 7) is 17.0. The number of rotatable bonds is 5. The summed E-state index contributed by atoms with van der Waals surface area (Å²) in [5.41, 5.74) is 5.55. The lowest BCUT2D eigenvalue weighted by Gasteiger charge is -2.43. The summed E-state index contributed by atoms with van der Waals surface area (Å²) in [5, 5.41) is 4.08. The van der Waals surface area contributed by atoms with Crippen molar-refractivity contribution in [2.24, 2.45) is 5.92 Å². The third-order valence-corrected chi connectivity index (χ3v) is 6.12. The van der Waals surface area contributed by atoms with E-state index in [1.54, 1.807) is 0 Å². The molecule has 0 radical (unpaired) electrons. The predicted molar refractivity (Wildman–Crippen MR) is 128 cm³/mol. The summed E-state index contributed by atoms with van der Waals surface area (Å²) in [6.07, 6.45) is 2.22. The molecule has 0 atom stereocenters. The van der Waals surface area contributed by atoms with Gasteiger partial charge in [0.25, 0.3) is 0 Å². The molecule has 2 aromatic heterocycles. The molecule has 0 unspecified atom stereocenters. The van der Waals surface area contributed by atoms with Crippen molar-refractivity contribution in [3.63, 3.8) is 0 Å². The van der Waals surface area contributed by atoms with Gasteiger partial charge < -0.3 is 14.8 Å². The molecule has 0 spiro atoms. The molecule has 1 N–H and O–H groups in total. The first-order valence-corrected chi connectivity index (χ1v) is 11.0. The van der Waals surface area contributed by atoms with Crippen LogP contribution in [0, 0.1) is 12.8 Å². The number of fused-ring (bicyclic) bond motifs is 1. The van der Waals surface area contributed by atoms with E-state index < -0.39 is 5.54 Å². The monoisotopic (exact) mass is 416 g/mol. The van der Waals surface area contributed by atoms with Crippen molar-refractivity contribution in [2.75, 3.05) is 13.1 Å². The van der Waals surface area contributed by atoms with Gasteiger partial charge in [0.15, 0.2) is 0 Å². The average molecular weight is 417 g/mol. The van der Waals surface area contributed by atoms with E-state index in [0.717, 1.165) is 35.5 Å². The smallest absolute Gasteiger partial charge is 0.245 e. The summed E-state index contributed by atoms with van der Waals surface area (Å²) < 4.78 is 2.25. The molecule has 1 aliphatic rings. The van der Waals surface area contributed by atoms with Crippen molar-refractivity contribution in [2.45, 2.75) is 46.7 Å². The number of aromatic nitrogens is 2. The standard InChI is InChI=1S/C26H32N4O/c1-17(2)15-29-16-22(20-9-7-18(3)8-10-20)21-11-12-23(28-24(21)29)19(4)30-14-13-27-25(31)26(30,5)6/h7-12,16-17H,4,13-15H2,1-3,5-6H3,(H,27,31). The number of amides is 1. The first kappa shape index (κ1) is 21.2. The fourth-order valence-corrected chi connectivity index (χ4v) is 4.33. The van der Waals surface area contributed by atoms with Gasteiger partial charge in [-0.25, -0.2) is 4.98 Å². The van der Waals surface area contributed by atoms with E-state index in [4.69, 9.17) is 4.98 Å². The van der Waals surface area contributed by atoms with Crippen molar-refractivity contribution in [3.05, 3.63) is 60.4 Å². The number of hydrogen-bond acceptors (Lipinski definition) is 3. The van der Waals surface area contributed by atoms with Crippen LogP contribution in [0.1, 0.15) is 39.0 Å². The van der Waals surface area contributed by atoms with Gasteiger partial charge >= 0.3 is 0 Å². The molecule has 1 aromatic carbocycles. The normalized spacial score (nSPS) is 16.1. The average Bonchev–Trinajstić information content (AvgIpc) is 3.07. The molecule has 162 valence electrons. The number of benzene rings is 1. The van der Waals surface area contributed by atoms with Gasteiger partial charge in [-0.15, -0.1) is 0 Å². The summed E-state index contributed by atoms with van der Waals surface area (Å²) >= 11 is 0. The van der Waals surface area contributed by atoms with Gasteiger partial charge in [0, 0.05) is 36.8 Å². The maximum Gasteiger partial charge on any atom is 0.245 e. The first-order chi connectivity index (χ1) is 14.7. The Hall–Kier alpha value is -3.08. The highest BCUT2D eigenvalue weighted by Gasteiger charge is 2.38. The fraction of sp³-hybridized carbons (Fsp3) is 0.385. The number of aryl methyl sites for hydroxylation is 1. The van der Waals surface area contributed by atoms with Crippen molar-refractivity contribution >= 4 is 22.6 Å². The minimum Gasteiger partial charge on any atom is -0.354 e. The molecule has 1 saturated heterocycles. The molecule has 1 aliphatic heterocycles. The molecule has 31 heavy (non-hydrogen) atoms. The zero-order chi connectivity index (χ0) is 22.3. The third kappa shape index (κ3) is 3.85. The van der Waals surface area contributed by atoms with Gasteiger partial charge in [0.05, 0.1) is 11.4 Å². The van der Waals surface area contributed by atoms with Crippen molar-refractivity contribution in [1.82, 2.24) is 19.8 Å². The molecule has 3 heterocycles. The number of carbonyl (C=O) groups excluding carboxylic acids is 1. The van der Waals surface area contributed by atoms with E-state index in [0.29, 0.717) is 12.5 Å². The number of carbonyl (C=O) groups is 1. The van der Waals surface area contributed by atoms with Crippen LogP contribution in [0.4, 0.5) is 0 Å². The van der Waals surface area contributed by atoms with Crippen LogP contribution in [0.5, 0.6) is 0 Å². The Bertz CT molecular complexity index is 1140. The fourth-order valence-electron chi connectivity index (χ4n) is 4.33. The summed E-state index contributed by atoms with van der Waals surface area (Å²) in [6, 6.07) is 12.8. The maximum absolute atomic E-state index is 12.4. The molecule has 1 amide bonds. The van der Waals surface area contributed by atoms with Gasteiger partial charge in [0.1, 0.15) is 11.2 Å². The van der Waals surface area contributed by atoms with Crippen molar-refractivity contribution in [1.29, 1.82) is 0 Å². The van der Waals surface area contributed by atoms with E-state index in [2.05, 4.69) is 78.7 Å². The van der Waals surface area contributed by atoms with Gasteiger partial charge in [-0.05, 0) is 44.4 Å². The van der Waals surface area contributed by atoms with Crippen molar-refractivity contribution < 1.29 is 4.79 Å². The van der Waals surface area contributed by atoms with Crippen molar-refractivity contribution in [3.8, 4) is 11.1 Å². The molecule has 0 aliphatic carbocycles. The van der Waals surface area contributed by atoms with E-state index >= 15 is 0 Å². The largest absolute Gasteiger partial charge is 0.354 e. The SMILES string of the molecule is C=C(c1ccc2c(-c3ccc(C)cc3)cn(CC(C)C)c2n1)N1CCNC(=O)C1(C)C. The Labute approximate surface area is 184 Å². The number of pyridine rings is 1. The number of hydrogen-bond donors (Lipinski definition) is 1. The van der Waals surface area contributed by atoms with E-state index in [1.165, 1.54) is 16.7 Å². The topological polar surface area (TPSA) is 50.2 Å². The van der Waals surface area contributed by atoms with Crippen LogP contribution in [0.2, 0.25) is 0 Å². The highest BCUT2D eigenvalue weighted by atomic mass is 16.2. The Morgan fingerprint density at radius 3 is 2.58 bits per heavy atom. The molecule has 0 saturated carbocycles. The second-order valence-corrected chi connectivity index (χ2v) is 9.44. The van der Waals surface area contributed by atoms with Crippen LogP contribution in [-0.4, -0.2) is 39.0 Å². The molecule has 5 heteroatoms. The molecular weight excluding hydrogens is 384 g/mol. The Morgan fingerprint density at radius 2 is 1.90 bits per heavy atom. The van der Waals surface area contributed by atoms with Crippen LogP contribution in [-0.2, 0) is 11.3 Å². The van der Waals surface area contributed by atoms with Gasteiger partial charge in [-0.3, -0.25) is 4.79 Å². The van der Waals surface area contributed by atoms with E-state index in [-0.39, 0.29) is 5.91 Å². The third-order valence-electron chi connectivity index (χ3n) is 6.12. The van der Waals surface area contributed by atoms with Gasteiger partial charge in [-0.2, -0.15) is 0 Å². The zero-order valence-electron chi connectivity index (χ0n) is 19.2. The van der Waals surface area contributed by atoms with Crippen LogP contribution < -0.4 is 5.32 Å². The van der Waals surface area contributed by atoms with Crippen LogP contribution in [0.15, 0.2) is 49.2 Å². The molecule has 4 rings (SSSR count). The van der Waals surface area contributed by atoms with E-state index in [9.17, 15) is 4.79 Å². The Morgan fingerprint density at radius 1 is 1.19 bits per heavy atom. The lowest BCUT2D eigenvalue weighted by atomic mass is 9.97. The molecule has 0 bridgehead atoms. The summed E-state index contributed by atoms with van der Waals surface area (Å²) in [5.74, 6) is 0.519. The maximum atomic E-state index is 12.4. The van der Waals surface area contributed by atoms with Crippen LogP contribution in [0.3, 0.4) is 0 Å². The molecule has 5 nitrogen and oxygen atoms in total. The highest BCUT2D eigenvalue weighted by Crippen LogP contribution is 2.33. The lowest BCUT2D eigenvalue weighted by Crippen LogP contribution is -2.60.